The average molecular weight is 399 g/mol. The maximum atomic E-state index is 12.9. The van der Waals surface area contributed by atoms with E-state index in [1.54, 1.807) is 18.2 Å². The number of rotatable bonds is 5. The van der Waals surface area contributed by atoms with Crippen molar-refractivity contribution in [1.29, 1.82) is 0 Å². The van der Waals surface area contributed by atoms with E-state index < -0.39 is 0 Å². The minimum atomic E-state index is -0.202. The molecule has 0 atom stereocenters. The molecule has 0 unspecified atom stereocenters. The minimum Gasteiger partial charge on any atom is -0.326 e. The summed E-state index contributed by atoms with van der Waals surface area (Å²) in [6, 6.07) is 24.8. The number of hydrogen-bond acceptors (Lipinski definition) is 2. The second-order valence-electron chi connectivity index (χ2n) is 7.77. The van der Waals surface area contributed by atoms with Gasteiger partial charge in [-0.05, 0) is 42.7 Å². The molecule has 30 heavy (non-hydrogen) atoms. The molecular weight excluding hydrogens is 372 g/mol. The van der Waals surface area contributed by atoms with Crippen LogP contribution in [0.3, 0.4) is 0 Å². The molecule has 4 heteroatoms. The summed E-state index contributed by atoms with van der Waals surface area (Å²) in [5.74, 6) is -0.0668. The third kappa shape index (κ3) is 4.77. The van der Waals surface area contributed by atoms with Crippen molar-refractivity contribution in [2.45, 2.75) is 32.1 Å². The predicted molar refractivity (Wildman–Crippen MR) is 121 cm³/mol. The quantitative estimate of drug-likeness (QED) is 0.543. The molecule has 2 N–H and O–H groups in total. The van der Waals surface area contributed by atoms with Gasteiger partial charge in [0.25, 0.3) is 5.91 Å². The summed E-state index contributed by atoms with van der Waals surface area (Å²) in [5.41, 5.74) is 3.94. The van der Waals surface area contributed by atoms with Crippen LogP contribution in [0.15, 0.2) is 78.9 Å². The van der Waals surface area contributed by atoms with Crippen LogP contribution in [0.25, 0.3) is 11.1 Å². The first-order valence-electron chi connectivity index (χ1n) is 10.6. The van der Waals surface area contributed by atoms with Crippen molar-refractivity contribution in [2.75, 3.05) is 10.6 Å². The molecule has 1 saturated carbocycles. The van der Waals surface area contributed by atoms with Gasteiger partial charge in [0, 0.05) is 28.4 Å². The Bertz CT molecular complexity index is 1020. The Labute approximate surface area is 177 Å². The van der Waals surface area contributed by atoms with Gasteiger partial charge in [0.1, 0.15) is 0 Å². The zero-order valence-corrected chi connectivity index (χ0v) is 16.9. The molecule has 0 aromatic heterocycles. The molecule has 0 heterocycles. The molecule has 4 rings (SSSR count). The van der Waals surface area contributed by atoms with Gasteiger partial charge in [-0.3, -0.25) is 9.59 Å². The lowest BCUT2D eigenvalue weighted by atomic mass is 9.88. The van der Waals surface area contributed by atoms with Gasteiger partial charge in [0.15, 0.2) is 0 Å². The highest BCUT2D eigenvalue weighted by atomic mass is 16.2. The topological polar surface area (TPSA) is 58.2 Å². The highest BCUT2D eigenvalue weighted by molar-refractivity contribution is 6.07. The molecule has 3 aromatic carbocycles. The van der Waals surface area contributed by atoms with Crippen LogP contribution in [0.1, 0.15) is 42.5 Å². The van der Waals surface area contributed by atoms with E-state index >= 15 is 0 Å². The molecule has 1 fully saturated rings. The number of carbonyl (C=O) groups is 2. The van der Waals surface area contributed by atoms with Crippen LogP contribution in [-0.4, -0.2) is 11.8 Å². The Kier molecular flexibility index (Phi) is 6.23. The number of para-hydroxylation sites is 1. The Hall–Kier alpha value is -3.40. The van der Waals surface area contributed by atoms with Crippen LogP contribution in [-0.2, 0) is 4.79 Å². The molecule has 0 saturated heterocycles. The number of amides is 2. The van der Waals surface area contributed by atoms with Crippen molar-refractivity contribution in [2.24, 2.45) is 5.92 Å². The number of benzene rings is 3. The molecule has 0 aliphatic heterocycles. The van der Waals surface area contributed by atoms with Gasteiger partial charge in [-0.25, -0.2) is 0 Å². The fraction of sp³-hybridized carbons (Fsp3) is 0.231. The lowest BCUT2D eigenvalue weighted by Gasteiger charge is -2.20. The van der Waals surface area contributed by atoms with E-state index in [1.807, 2.05) is 60.7 Å². The van der Waals surface area contributed by atoms with E-state index in [9.17, 15) is 9.59 Å². The van der Waals surface area contributed by atoms with Crippen LogP contribution >= 0.6 is 0 Å². The summed E-state index contributed by atoms with van der Waals surface area (Å²) in [4.78, 5) is 25.4. The second kappa shape index (κ2) is 9.40. The van der Waals surface area contributed by atoms with Gasteiger partial charge in [-0.2, -0.15) is 0 Å². The maximum absolute atomic E-state index is 12.9. The highest BCUT2D eigenvalue weighted by Gasteiger charge is 2.21. The first-order chi connectivity index (χ1) is 14.7. The van der Waals surface area contributed by atoms with Crippen LogP contribution < -0.4 is 10.6 Å². The lowest BCUT2D eigenvalue weighted by Crippen LogP contribution is -2.24. The zero-order chi connectivity index (χ0) is 20.8. The molecule has 1 aliphatic carbocycles. The fourth-order valence-corrected chi connectivity index (χ4v) is 4.00. The Morgan fingerprint density at radius 3 is 2.27 bits per heavy atom. The monoisotopic (exact) mass is 398 g/mol. The highest BCUT2D eigenvalue weighted by Crippen LogP contribution is 2.28. The van der Waals surface area contributed by atoms with Gasteiger partial charge >= 0.3 is 0 Å². The Morgan fingerprint density at radius 1 is 0.733 bits per heavy atom. The normalized spacial score (nSPS) is 14.1. The van der Waals surface area contributed by atoms with E-state index in [0.29, 0.717) is 11.3 Å². The minimum absolute atomic E-state index is 0.0571. The number of carbonyl (C=O) groups excluding carboxylic acids is 2. The van der Waals surface area contributed by atoms with Crippen molar-refractivity contribution in [3.8, 4) is 11.1 Å². The summed E-state index contributed by atoms with van der Waals surface area (Å²) in [5, 5.41) is 6.01. The van der Waals surface area contributed by atoms with E-state index in [-0.39, 0.29) is 17.7 Å². The summed E-state index contributed by atoms with van der Waals surface area (Å²) in [6.07, 6.45) is 5.33. The lowest BCUT2D eigenvalue weighted by molar-refractivity contribution is -0.120. The van der Waals surface area contributed by atoms with Crippen molar-refractivity contribution >= 4 is 23.2 Å². The summed E-state index contributed by atoms with van der Waals surface area (Å²) in [7, 11) is 0. The molecule has 0 bridgehead atoms. The van der Waals surface area contributed by atoms with Crippen molar-refractivity contribution < 1.29 is 9.59 Å². The van der Waals surface area contributed by atoms with Gasteiger partial charge in [0.2, 0.25) is 5.91 Å². The molecule has 152 valence electrons. The molecule has 0 spiro atoms. The second-order valence-corrected chi connectivity index (χ2v) is 7.77. The van der Waals surface area contributed by atoms with E-state index in [0.717, 1.165) is 42.5 Å². The van der Waals surface area contributed by atoms with Gasteiger partial charge in [0.05, 0.1) is 0 Å². The summed E-state index contributed by atoms with van der Waals surface area (Å²) in [6.45, 7) is 0. The standard InChI is InChI=1S/C26H26N2O2/c29-25(20-12-5-2-6-13-20)27-22-15-9-14-21(18-22)26(30)28-24-17-8-7-16-23(24)19-10-3-1-4-11-19/h1,3-4,7-11,14-18,20H,2,5-6,12-13H2,(H,27,29)(H,28,30). The largest absolute Gasteiger partial charge is 0.326 e. The first-order valence-corrected chi connectivity index (χ1v) is 10.6. The van der Waals surface area contributed by atoms with Crippen molar-refractivity contribution in [3.63, 3.8) is 0 Å². The van der Waals surface area contributed by atoms with Gasteiger partial charge in [-0.1, -0.05) is 73.9 Å². The van der Waals surface area contributed by atoms with Crippen LogP contribution in [0.4, 0.5) is 11.4 Å². The summed E-state index contributed by atoms with van der Waals surface area (Å²) < 4.78 is 0. The Balaban J connectivity index is 1.48. The third-order valence-electron chi connectivity index (χ3n) is 5.63. The van der Waals surface area contributed by atoms with E-state index in [1.165, 1.54) is 6.42 Å². The van der Waals surface area contributed by atoms with Gasteiger partial charge < -0.3 is 10.6 Å². The van der Waals surface area contributed by atoms with Gasteiger partial charge in [-0.15, -0.1) is 0 Å². The van der Waals surface area contributed by atoms with E-state index in [2.05, 4.69) is 10.6 Å². The zero-order valence-electron chi connectivity index (χ0n) is 16.9. The third-order valence-corrected chi connectivity index (χ3v) is 5.63. The predicted octanol–water partition coefficient (Wildman–Crippen LogP) is 6.12. The fourth-order valence-electron chi connectivity index (χ4n) is 4.00. The number of nitrogens with one attached hydrogen (secondary N) is 2. The molecule has 4 nitrogen and oxygen atoms in total. The number of anilines is 2. The van der Waals surface area contributed by atoms with Crippen molar-refractivity contribution in [3.05, 3.63) is 84.4 Å². The van der Waals surface area contributed by atoms with Crippen molar-refractivity contribution in [1.82, 2.24) is 0 Å². The smallest absolute Gasteiger partial charge is 0.255 e. The molecule has 3 aromatic rings. The molecular formula is C26H26N2O2. The van der Waals surface area contributed by atoms with Crippen LogP contribution in [0, 0.1) is 5.92 Å². The summed E-state index contributed by atoms with van der Waals surface area (Å²) >= 11 is 0. The maximum Gasteiger partial charge on any atom is 0.255 e. The van der Waals surface area contributed by atoms with E-state index in [4.69, 9.17) is 0 Å². The molecule has 1 aliphatic rings. The molecule has 2 amide bonds. The first kappa shape index (κ1) is 19.9. The van der Waals surface area contributed by atoms with Crippen LogP contribution in [0.2, 0.25) is 0 Å². The Morgan fingerprint density at radius 2 is 1.47 bits per heavy atom. The average Bonchev–Trinajstić information content (AvgIpc) is 2.81. The number of hydrogen-bond donors (Lipinski definition) is 2. The SMILES string of the molecule is O=C(Nc1ccccc1-c1ccccc1)c1cccc(NC(=O)C2CCCCC2)c1. The van der Waals surface area contributed by atoms with Crippen LogP contribution in [0.5, 0.6) is 0 Å². The molecule has 0 radical (unpaired) electrons.